The van der Waals surface area contributed by atoms with Gasteiger partial charge in [0.2, 0.25) is 0 Å². The van der Waals surface area contributed by atoms with Crippen molar-refractivity contribution in [2.45, 2.75) is 13.8 Å². The van der Waals surface area contributed by atoms with Crippen molar-refractivity contribution in [3.63, 3.8) is 0 Å². The number of aryl methyl sites for hydroxylation is 2. The number of rotatable bonds is 4. The molecule has 0 unspecified atom stereocenters. The van der Waals surface area contributed by atoms with Gasteiger partial charge in [-0.15, -0.1) is 0 Å². The van der Waals surface area contributed by atoms with Gasteiger partial charge in [-0.3, -0.25) is 4.79 Å². The lowest BCUT2D eigenvalue weighted by Crippen LogP contribution is -2.21. The molecule has 0 heterocycles. The summed E-state index contributed by atoms with van der Waals surface area (Å²) in [6, 6.07) is 10.1. The van der Waals surface area contributed by atoms with Gasteiger partial charge < -0.3 is 10.1 Å². The van der Waals surface area contributed by atoms with Crippen LogP contribution in [-0.4, -0.2) is 12.5 Å². The second-order valence-corrected chi connectivity index (χ2v) is 5.07. The Labute approximate surface area is 127 Å². The average molecular weight is 308 g/mol. The van der Waals surface area contributed by atoms with Crippen LogP contribution >= 0.6 is 11.6 Å². The molecule has 21 heavy (non-hydrogen) atoms. The van der Waals surface area contributed by atoms with E-state index in [2.05, 4.69) is 5.32 Å². The molecule has 0 atom stereocenters. The lowest BCUT2D eigenvalue weighted by Gasteiger charge is -2.12. The monoisotopic (exact) mass is 307 g/mol. The molecule has 2 rings (SSSR count). The molecular weight excluding hydrogens is 293 g/mol. The van der Waals surface area contributed by atoms with Gasteiger partial charge in [0.15, 0.2) is 12.4 Å². The van der Waals surface area contributed by atoms with Gasteiger partial charge in [0.25, 0.3) is 5.91 Å². The van der Waals surface area contributed by atoms with Gasteiger partial charge >= 0.3 is 0 Å². The highest BCUT2D eigenvalue weighted by atomic mass is 35.5. The van der Waals surface area contributed by atoms with Gasteiger partial charge in [-0.1, -0.05) is 35.9 Å². The zero-order chi connectivity index (χ0) is 15.4. The molecule has 0 saturated carbocycles. The van der Waals surface area contributed by atoms with E-state index in [4.69, 9.17) is 16.3 Å². The number of amides is 1. The average Bonchev–Trinajstić information content (AvgIpc) is 2.43. The Morgan fingerprint density at radius 1 is 1.19 bits per heavy atom. The molecule has 0 aliphatic rings. The minimum Gasteiger partial charge on any atom is -0.483 e. The topological polar surface area (TPSA) is 38.3 Å². The van der Waals surface area contributed by atoms with E-state index in [-0.39, 0.29) is 17.3 Å². The van der Waals surface area contributed by atoms with Crippen molar-refractivity contribution >= 4 is 23.2 Å². The number of nitrogens with one attached hydrogen (secondary N) is 1. The molecular formula is C16H15ClFNO2. The number of hydrogen-bond acceptors (Lipinski definition) is 2. The molecule has 0 aliphatic carbocycles. The second kappa shape index (κ2) is 6.59. The Balaban J connectivity index is 2.01. The maximum Gasteiger partial charge on any atom is 0.262 e. The van der Waals surface area contributed by atoms with Gasteiger partial charge in [-0.05, 0) is 37.1 Å². The Bertz CT molecular complexity index is 653. The molecule has 2 aromatic carbocycles. The van der Waals surface area contributed by atoms with Crippen LogP contribution in [0.1, 0.15) is 11.1 Å². The molecule has 3 nitrogen and oxygen atoms in total. The number of ether oxygens (including phenoxy) is 1. The van der Waals surface area contributed by atoms with E-state index in [0.717, 1.165) is 11.1 Å². The molecule has 110 valence electrons. The highest BCUT2D eigenvalue weighted by Gasteiger charge is 2.11. The Morgan fingerprint density at radius 2 is 1.81 bits per heavy atom. The molecule has 5 heteroatoms. The number of anilines is 1. The van der Waals surface area contributed by atoms with Crippen LogP contribution in [0.2, 0.25) is 5.02 Å². The summed E-state index contributed by atoms with van der Waals surface area (Å²) in [7, 11) is 0. The van der Waals surface area contributed by atoms with Crippen LogP contribution in [0.5, 0.6) is 5.75 Å². The largest absolute Gasteiger partial charge is 0.483 e. The fourth-order valence-electron chi connectivity index (χ4n) is 1.95. The minimum atomic E-state index is -0.653. The zero-order valence-electron chi connectivity index (χ0n) is 11.7. The first-order chi connectivity index (χ1) is 9.99. The molecule has 0 radical (unpaired) electrons. The van der Waals surface area contributed by atoms with Gasteiger partial charge in [-0.2, -0.15) is 0 Å². The van der Waals surface area contributed by atoms with Crippen molar-refractivity contribution in [3.05, 3.63) is 58.4 Å². The summed E-state index contributed by atoms with van der Waals surface area (Å²) >= 11 is 5.65. The van der Waals surface area contributed by atoms with Crippen molar-refractivity contribution in [1.29, 1.82) is 0 Å². The normalized spacial score (nSPS) is 10.3. The molecule has 0 fully saturated rings. The van der Waals surface area contributed by atoms with E-state index in [1.807, 2.05) is 32.0 Å². The molecule has 2 aromatic rings. The molecule has 1 N–H and O–H groups in total. The first-order valence-electron chi connectivity index (χ1n) is 6.42. The van der Waals surface area contributed by atoms with Gasteiger partial charge in [0, 0.05) is 0 Å². The number of carbonyl (C=O) groups excluding carboxylic acids is 1. The van der Waals surface area contributed by atoms with Crippen molar-refractivity contribution in [1.82, 2.24) is 0 Å². The number of benzene rings is 2. The summed E-state index contributed by atoms with van der Waals surface area (Å²) in [5.41, 5.74) is 1.92. The Kier molecular flexibility index (Phi) is 4.81. The zero-order valence-corrected chi connectivity index (χ0v) is 12.5. The summed E-state index contributed by atoms with van der Waals surface area (Å²) in [5.74, 6) is -0.433. The SMILES string of the molecule is Cc1cccc(C)c1OCC(=O)Nc1cccc(Cl)c1F. The molecule has 0 aliphatic heterocycles. The van der Waals surface area contributed by atoms with Crippen LogP contribution in [0.4, 0.5) is 10.1 Å². The molecule has 0 spiro atoms. The number of hydrogen-bond donors (Lipinski definition) is 1. The lowest BCUT2D eigenvalue weighted by atomic mass is 10.1. The Hall–Kier alpha value is -2.07. The van der Waals surface area contributed by atoms with Crippen molar-refractivity contribution < 1.29 is 13.9 Å². The first kappa shape index (κ1) is 15.3. The van der Waals surface area contributed by atoms with Crippen LogP contribution in [0.3, 0.4) is 0 Å². The highest BCUT2D eigenvalue weighted by molar-refractivity contribution is 6.31. The van der Waals surface area contributed by atoms with E-state index in [1.165, 1.54) is 12.1 Å². The van der Waals surface area contributed by atoms with E-state index in [0.29, 0.717) is 5.75 Å². The predicted octanol–water partition coefficient (Wildman–Crippen LogP) is 4.11. The smallest absolute Gasteiger partial charge is 0.262 e. The fraction of sp³-hybridized carbons (Fsp3) is 0.188. The van der Waals surface area contributed by atoms with E-state index in [1.54, 1.807) is 6.07 Å². The maximum atomic E-state index is 13.7. The predicted molar refractivity (Wildman–Crippen MR) is 81.5 cm³/mol. The second-order valence-electron chi connectivity index (χ2n) is 4.66. The summed E-state index contributed by atoms with van der Waals surface area (Å²) in [6.07, 6.45) is 0. The number of para-hydroxylation sites is 1. The van der Waals surface area contributed by atoms with E-state index >= 15 is 0 Å². The summed E-state index contributed by atoms with van der Waals surface area (Å²) < 4.78 is 19.2. The molecule has 0 bridgehead atoms. The number of halogens is 2. The maximum absolute atomic E-state index is 13.7. The summed E-state index contributed by atoms with van der Waals surface area (Å²) in [6.45, 7) is 3.60. The molecule has 0 aromatic heterocycles. The molecule has 0 saturated heterocycles. The van der Waals surface area contributed by atoms with Gasteiger partial charge in [-0.25, -0.2) is 4.39 Å². The summed E-state index contributed by atoms with van der Waals surface area (Å²) in [5, 5.41) is 2.40. The van der Waals surface area contributed by atoms with Crippen LogP contribution in [0, 0.1) is 19.7 Å². The van der Waals surface area contributed by atoms with Gasteiger partial charge in [0.05, 0.1) is 10.7 Å². The van der Waals surface area contributed by atoms with Crippen LogP contribution in [0.25, 0.3) is 0 Å². The van der Waals surface area contributed by atoms with E-state index < -0.39 is 11.7 Å². The fourth-order valence-corrected chi connectivity index (χ4v) is 2.13. The third kappa shape index (κ3) is 3.73. The third-order valence-electron chi connectivity index (χ3n) is 2.98. The molecule has 1 amide bonds. The standard InChI is InChI=1S/C16H15ClFNO2/c1-10-5-3-6-11(2)16(10)21-9-14(20)19-13-8-4-7-12(17)15(13)18/h3-8H,9H2,1-2H3,(H,19,20). The highest BCUT2D eigenvalue weighted by Crippen LogP contribution is 2.23. The van der Waals surface area contributed by atoms with Crippen molar-refractivity contribution in [2.75, 3.05) is 11.9 Å². The Morgan fingerprint density at radius 3 is 2.48 bits per heavy atom. The van der Waals surface area contributed by atoms with Crippen LogP contribution in [0.15, 0.2) is 36.4 Å². The first-order valence-corrected chi connectivity index (χ1v) is 6.79. The van der Waals surface area contributed by atoms with Gasteiger partial charge in [0.1, 0.15) is 5.75 Å². The third-order valence-corrected chi connectivity index (χ3v) is 3.27. The minimum absolute atomic E-state index is 0.0385. The number of carbonyl (C=O) groups is 1. The van der Waals surface area contributed by atoms with Crippen LogP contribution < -0.4 is 10.1 Å². The summed E-state index contributed by atoms with van der Waals surface area (Å²) in [4.78, 5) is 11.8. The van der Waals surface area contributed by atoms with Crippen molar-refractivity contribution in [2.24, 2.45) is 0 Å². The van der Waals surface area contributed by atoms with E-state index in [9.17, 15) is 9.18 Å². The van der Waals surface area contributed by atoms with Crippen LogP contribution in [-0.2, 0) is 4.79 Å². The lowest BCUT2D eigenvalue weighted by molar-refractivity contribution is -0.118. The quantitative estimate of drug-likeness (QED) is 0.923. The van der Waals surface area contributed by atoms with Crippen molar-refractivity contribution in [3.8, 4) is 5.75 Å².